The van der Waals surface area contributed by atoms with Crippen LogP contribution in [0.2, 0.25) is 54.4 Å². The van der Waals surface area contributed by atoms with Gasteiger partial charge in [-0.3, -0.25) is 9.55 Å². The Kier molecular flexibility index (Phi) is 10.2. The van der Waals surface area contributed by atoms with Gasteiger partial charge < -0.3 is 23.2 Å². The van der Waals surface area contributed by atoms with E-state index >= 15 is 0 Å². The number of para-hydroxylation sites is 1. The Hall–Kier alpha value is -2.53. The number of imidazole rings is 1. The predicted molar refractivity (Wildman–Crippen MR) is 208 cm³/mol. The lowest BCUT2D eigenvalue weighted by Crippen LogP contribution is -2.54. The van der Waals surface area contributed by atoms with Gasteiger partial charge in [-0.1, -0.05) is 80.5 Å². The van der Waals surface area contributed by atoms with Crippen LogP contribution in [-0.2, 0) is 18.0 Å². The first-order valence-corrected chi connectivity index (χ1v) is 26.5. The molecule has 3 aromatic heterocycles. The van der Waals surface area contributed by atoms with Gasteiger partial charge in [0, 0.05) is 17.1 Å². The second-order valence-electron chi connectivity index (χ2n) is 18.5. The lowest BCUT2D eigenvalue weighted by molar-refractivity contribution is -0.595. The summed E-state index contributed by atoms with van der Waals surface area (Å²) in [5, 5.41) is 14.2. The van der Waals surface area contributed by atoms with E-state index in [0.29, 0.717) is 29.0 Å². The van der Waals surface area contributed by atoms with Gasteiger partial charge in [0.2, 0.25) is 0 Å². The van der Waals surface area contributed by atoms with Gasteiger partial charge in [-0.15, -0.1) is 0 Å². The highest BCUT2D eigenvalue weighted by Gasteiger charge is 2.55. The molecule has 1 fully saturated rings. The molecule has 274 valence electrons. The fraction of sp³-hybridized carbons (Fsp3) is 0.622. The molecule has 0 spiro atoms. The van der Waals surface area contributed by atoms with E-state index in [2.05, 4.69) is 112 Å². The zero-order valence-electron chi connectivity index (χ0n) is 32.9. The highest BCUT2D eigenvalue weighted by atomic mass is 28.4. The Balaban J connectivity index is 1.66. The van der Waals surface area contributed by atoms with Crippen LogP contribution in [-0.4, -0.2) is 69.4 Å². The van der Waals surface area contributed by atoms with Crippen molar-refractivity contribution in [1.82, 2.24) is 19.5 Å². The molecule has 4 atom stereocenters. The molecule has 1 aliphatic rings. The smallest absolute Gasteiger partial charge is 0.292 e. The number of aromatic nitrogens is 5. The highest BCUT2D eigenvalue weighted by Crippen LogP contribution is 2.47. The minimum Gasteiger partial charge on any atom is -0.710 e. The molecule has 5 rings (SSSR count). The van der Waals surface area contributed by atoms with Crippen molar-refractivity contribution >= 4 is 47.0 Å². The van der Waals surface area contributed by atoms with E-state index < -0.39 is 49.5 Å². The molecule has 1 aliphatic heterocycles. The Morgan fingerprint density at radius 1 is 0.800 bits per heavy atom. The van der Waals surface area contributed by atoms with E-state index in [1.807, 2.05) is 34.9 Å². The molecule has 1 aromatic carbocycles. The Morgan fingerprint density at radius 2 is 1.38 bits per heavy atom. The molecule has 1 saturated heterocycles. The van der Waals surface area contributed by atoms with Gasteiger partial charge in [-0.2, -0.15) is 0 Å². The summed E-state index contributed by atoms with van der Waals surface area (Å²) < 4.78 is 31.3. The van der Waals surface area contributed by atoms with Crippen molar-refractivity contribution in [2.45, 2.75) is 141 Å². The summed E-state index contributed by atoms with van der Waals surface area (Å²) in [7, 11) is -6.81. The lowest BCUT2D eigenvalue weighted by atomic mass is 10.1. The topological polar surface area (TPSA) is 107 Å². The first-order valence-electron chi connectivity index (χ1n) is 17.8. The van der Waals surface area contributed by atoms with Gasteiger partial charge >= 0.3 is 0 Å². The molecular formula is C37H59N5O5Si3. The molecule has 0 bridgehead atoms. The minimum absolute atomic E-state index is 0.0318. The van der Waals surface area contributed by atoms with Crippen molar-refractivity contribution < 1.29 is 22.7 Å². The Labute approximate surface area is 301 Å². The van der Waals surface area contributed by atoms with Crippen LogP contribution >= 0.6 is 0 Å². The van der Waals surface area contributed by atoms with Crippen molar-refractivity contribution in [3.8, 4) is 11.3 Å². The summed E-state index contributed by atoms with van der Waals surface area (Å²) >= 11 is 0. The highest BCUT2D eigenvalue weighted by molar-refractivity contribution is 6.75. The molecule has 0 saturated carbocycles. The van der Waals surface area contributed by atoms with E-state index in [9.17, 15) is 5.21 Å². The molecule has 0 unspecified atom stereocenters. The predicted octanol–water partition coefficient (Wildman–Crippen LogP) is 8.98. The summed E-state index contributed by atoms with van der Waals surface area (Å²) in [6.07, 6.45) is 2.87. The summed E-state index contributed by atoms with van der Waals surface area (Å²) in [5.74, 6) is 0. The summed E-state index contributed by atoms with van der Waals surface area (Å²) in [6.45, 7) is 34.3. The third kappa shape index (κ3) is 7.37. The maximum atomic E-state index is 13.4. The average molecular weight is 738 g/mol. The Morgan fingerprint density at radius 3 is 1.98 bits per heavy atom. The number of pyridine rings is 1. The van der Waals surface area contributed by atoms with Gasteiger partial charge in [-0.25, -0.2) is 9.71 Å². The largest absolute Gasteiger partial charge is 0.710 e. The van der Waals surface area contributed by atoms with Crippen LogP contribution in [0, 0.1) is 5.21 Å². The number of rotatable bonds is 9. The number of fused-ring (bicyclic) bond motifs is 2. The number of benzene rings is 1. The second kappa shape index (κ2) is 13.2. The van der Waals surface area contributed by atoms with E-state index in [-0.39, 0.29) is 15.1 Å². The fourth-order valence-corrected chi connectivity index (χ4v) is 9.06. The summed E-state index contributed by atoms with van der Waals surface area (Å²) in [4.78, 5) is 14.1. The van der Waals surface area contributed by atoms with Gasteiger partial charge in [0.1, 0.15) is 24.6 Å². The molecular weight excluding hydrogens is 679 g/mol. The minimum atomic E-state index is -2.37. The van der Waals surface area contributed by atoms with Crippen LogP contribution in [0.5, 0.6) is 0 Å². The normalized spacial score (nSPS) is 21.4. The van der Waals surface area contributed by atoms with Gasteiger partial charge in [0.25, 0.3) is 12.0 Å². The quantitative estimate of drug-likeness (QED) is 0.0952. The van der Waals surface area contributed by atoms with Crippen LogP contribution in [0.1, 0.15) is 68.5 Å². The third-order valence-corrected chi connectivity index (χ3v) is 25.3. The van der Waals surface area contributed by atoms with Gasteiger partial charge in [0.15, 0.2) is 42.4 Å². The van der Waals surface area contributed by atoms with Crippen LogP contribution in [0.3, 0.4) is 0 Å². The van der Waals surface area contributed by atoms with Gasteiger partial charge in [0.05, 0.1) is 12.1 Å². The average Bonchev–Trinajstić information content (AvgIpc) is 3.54. The molecule has 0 amide bonds. The summed E-state index contributed by atoms with van der Waals surface area (Å²) in [6, 6.07) is 9.82. The zero-order valence-corrected chi connectivity index (χ0v) is 35.9. The van der Waals surface area contributed by atoms with E-state index in [0.717, 1.165) is 15.6 Å². The molecule has 0 radical (unpaired) electrons. The van der Waals surface area contributed by atoms with Crippen LogP contribution in [0.15, 0.2) is 49.2 Å². The fourth-order valence-electron chi connectivity index (χ4n) is 5.44. The Bertz CT molecular complexity index is 1840. The monoisotopic (exact) mass is 737 g/mol. The number of ether oxygens (including phenoxy) is 1. The molecule has 4 aromatic rings. The van der Waals surface area contributed by atoms with Crippen LogP contribution < -0.4 is 4.73 Å². The third-order valence-electron chi connectivity index (χ3n) is 11.8. The number of nitrogens with zero attached hydrogens (tertiary/aromatic N) is 5. The van der Waals surface area contributed by atoms with Crippen molar-refractivity contribution in [2.75, 3.05) is 6.61 Å². The van der Waals surface area contributed by atoms with Crippen molar-refractivity contribution in [3.05, 3.63) is 54.4 Å². The van der Waals surface area contributed by atoms with E-state index in [4.69, 9.17) is 23.0 Å². The van der Waals surface area contributed by atoms with E-state index in [1.165, 1.54) is 6.33 Å². The summed E-state index contributed by atoms with van der Waals surface area (Å²) in [5.41, 5.74) is 2.91. The first-order chi connectivity index (χ1) is 22.8. The van der Waals surface area contributed by atoms with E-state index in [1.54, 1.807) is 12.5 Å². The van der Waals surface area contributed by atoms with Crippen molar-refractivity contribution in [2.24, 2.45) is 0 Å². The van der Waals surface area contributed by atoms with Gasteiger partial charge in [-0.05, 0) is 71.5 Å². The standard InChI is InChI=1S/C37H59N5O5Si3/c1-35(2,3)48(10,11)44-22-28-31(46-49(12,13)36(4,5)6)32(47-50(14,15)37(7,8)9)34(45-28)41-23-39-29-30(42(43)24-40-33(29)41)26-20-25-18-16-17-19-27(25)38-21-26/h16-21,23-24,28,31-32,34H,22H2,1-15H3/t28-,31-,32-,34-/m1/s1. The van der Waals surface area contributed by atoms with Crippen molar-refractivity contribution in [1.29, 1.82) is 0 Å². The molecule has 0 N–H and O–H groups in total. The maximum Gasteiger partial charge on any atom is 0.292 e. The molecule has 13 heteroatoms. The SMILES string of the molecule is CC(C)(C)[Si](C)(C)OC[C@H]1O[C@@H](n2cnc3c(-c4cnc5ccccc5c4)[n+]([O-])cnc32)[C@H](O[Si](C)(C)C(C)(C)C)[C@@H]1O[Si](C)(C)C(C)(C)C. The molecule has 50 heavy (non-hydrogen) atoms. The molecule has 4 heterocycles. The van der Waals surface area contributed by atoms with Crippen molar-refractivity contribution in [3.63, 3.8) is 0 Å². The number of hydrogen-bond acceptors (Lipinski definition) is 8. The zero-order chi connectivity index (χ0) is 37.2. The molecule has 10 nitrogen and oxygen atoms in total. The molecule has 0 aliphatic carbocycles. The first kappa shape index (κ1) is 38.7. The maximum absolute atomic E-state index is 13.4. The van der Waals surface area contributed by atoms with Crippen LogP contribution in [0.25, 0.3) is 33.3 Å². The number of hydrogen-bond donors (Lipinski definition) is 0. The second-order valence-corrected chi connectivity index (χ2v) is 32.8. The lowest BCUT2D eigenvalue weighted by Gasteiger charge is -2.44. The van der Waals surface area contributed by atoms with Crippen LogP contribution in [0.4, 0.5) is 0 Å².